The summed E-state index contributed by atoms with van der Waals surface area (Å²) in [6.07, 6.45) is 12.8. The number of rotatable bonds is 13. The molecular weight excluding hydrogens is 309 g/mol. The monoisotopic (exact) mass is 337 g/mol. The molecule has 0 spiro atoms. The molecule has 0 radical (unpaired) electrons. The second kappa shape index (κ2) is 21.3. The average Bonchev–Trinajstić information content (AvgIpc) is 2.48. The number of carbonyl (C=O) groups is 2. The summed E-state index contributed by atoms with van der Waals surface area (Å²) >= 11 is 0. The molecule has 0 rings (SSSR count). The van der Waals surface area contributed by atoms with Gasteiger partial charge in [-0.15, -0.1) is 6.58 Å². The van der Waals surface area contributed by atoms with Crippen molar-refractivity contribution in [3.63, 3.8) is 0 Å². The van der Waals surface area contributed by atoms with E-state index in [0.29, 0.717) is 6.42 Å². The second-order valence-electron chi connectivity index (χ2n) is 4.97. The van der Waals surface area contributed by atoms with E-state index in [0.717, 1.165) is 12.8 Å². The summed E-state index contributed by atoms with van der Waals surface area (Å²) in [7, 11) is 0. The minimum absolute atomic E-state index is 0. The van der Waals surface area contributed by atoms with Gasteiger partial charge in [0.15, 0.2) is 0 Å². The number of carboxylic acid groups (broad SMARTS) is 2. The van der Waals surface area contributed by atoms with Crippen LogP contribution >= 0.6 is 0 Å². The van der Waals surface area contributed by atoms with Crippen LogP contribution in [0, 0.1) is 0 Å². The third-order valence-electron chi connectivity index (χ3n) is 2.92. The molecule has 0 saturated carbocycles. The number of allylic oxidation sites excluding steroid dienone is 1. The van der Waals surface area contributed by atoms with E-state index in [4.69, 9.17) is 15.9 Å². The van der Waals surface area contributed by atoms with Crippen LogP contribution in [0.15, 0.2) is 12.7 Å². The molecule has 0 bridgehead atoms. The van der Waals surface area contributed by atoms with E-state index in [1.165, 1.54) is 32.1 Å². The van der Waals surface area contributed by atoms with Crippen molar-refractivity contribution in [2.24, 2.45) is 5.73 Å². The summed E-state index contributed by atoms with van der Waals surface area (Å²) in [4.78, 5) is 29.7. The van der Waals surface area contributed by atoms with Crippen molar-refractivity contribution in [2.45, 2.75) is 70.3 Å². The van der Waals surface area contributed by atoms with Gasteiger partial charge in [-0.3, -0.25) is 15.9 Å². The summed E-state index contributed by atoms with van der Waals surface area (Å²) < 4.78 is 0. The van der Waals surface area contributed by atoms with Gasteiger partial charge in [0, 0.05) is 6.42 Å². The summed E-state index contributed by atoms with van der Waals surface area (Å²) in [6, 6.07) is -1.06. The van der Waals surface area contributed by atoms with Crippen LogP contribution in [0.3, 0.4) is 0 Å². The van der Waals surface area contributed by atoms with Gasteiger partial charge >= 0.3 is 41.5 Å². The number of hydrogen-bond donors (Lipinski definition) is 3. The number of carboxylic acids is 2. The van der Waals surface area contributed by atoms with Crippen molar-refractivity contribution in [1.82, 2.24) is 0 Å². The first-order valence-electron chi connectivity index (χ1n) is 7.61. The van der Waals surface area contributed by atoms with E-state index in [-0.39, 0.29) is 42.4 Å². The molecule has 0 aliphatic rings. The average molecular weight is 337 g/mol. The normalized spacial score (nSPS) is 10.5. The standard InChI is InChI=1S/C11H19O.C5H9NO4.Na/c1-2-3-4-5-6-7-8-9-10-11-12;6-3(5(9)10)1-2-4(7)8;/h2H,1,3-10H2;3H,1-2,6H2,(H,7,8)(H,9,10);/q-1;;+1/t;3-;/m.0./s1. The predicted octanol–water partition coefficient (Wildman–Crippen LogP) is -0.330. The van der Waals surface area contributed by atoms with Crippen molar-refractivity contribution in [3.05, 3.63) is 12.7 Å². The Bertz CT molecular complexity index is 310. The largest absolute Gasteiger partial charge is 1.00 e. The van der Waals surface area contributed by atoms with E-state index >= 15 is 0 Å². The predicted molar refractivity (Wildman–Crippen MR) is 85.3 cm³/mol. The molecule has 128 valence electrons. The fourth-order valence-electron chi connectivity index (χ4n) is 1.60. The first-order chi connectivity index (χ1) is 10.5. The molecule has 0 aliphatic carbocycles. The maximum Gasteiger partial charge on any atom is 1.00 e. The molecule has 0 aromatic heterocycles. The van der Waals surface area contributed by atoms with E-state index in [1.807, 2.05) is 12.4 Å². The molecule has 0 fully saturated rings. The Labute approximate surface area is 160 Å². The Kier molecular flexibility index (Phi) is 25.2. The Morgan fingerprint density at radius 2 is 1.61 bits per heavy atom. The molecule has 23 heavy (non-hydrogen) atoms. The van der Waals surface area contributed by atoms with Crippen molar-refractivity contribution in [1.29, 1.82) is 0 Å². The Hall–Kier alpha value is -0.690. The third kappa shape index (κ3) is 26.5. The number of carbonyl (C=O) groups excluding carboxylic acids is 1. The maximum absolute atomic E-state index is 9.99. The minimum atomic E-state index is -1.17. The van der Waals surface area contributed by atoms with Gasteiger partial charge in [-0.1, -0.05) is 38.2 Å². The van der Waals surface area contributed by atoms with Crippen LogP contribution in [-0.4, -0.2) is 34.5 Å². The van der Waals surface area contributed by atoms with Crippen molar-refractivity contribution >= 4 is 18.2 Å². The fourth-order valence-corrected chi connectivity index (χ4v) is 1.60. The van der Waals surface area contributed by atoms with Gasteiger partial charge in [0.05, 0.1) is 0 Å². The molecule has 4 N–H and O–H groups in total. The topological polar surface area (TPSA) is 118 Å². The van der Waals surface area contributed by atoms with Crippen LogP contribution in [0.25, 0.3) is 0 Å². The smallest absolute Gasteiger partial charge is 0.542 e. The van der Waals surface area contributed by atoms with E-state index in [9.17, 15) is 14.4 Å². The number of nitrogens with two attached hydrogens (primary N) is 1. The quantitative estimate of drug-likeness (QED) is 0.183. The molecule has 0 aliphatic heterocycles. The molecule has 0 heterocycles. The SMILES string of the molecule is C=CCCCCCCCC[C-]=O.N[C@@H](CCC(=O)O)C(=O)O.[Na+]. The number of unbranched alkanes of at least 4 members (excludes halogenated alkanes) is 7. The summed E-state index contributed by atoms with van der Waals surface area (Å²) in [5.41, 5.74) is 5.00. The van der Waals surface area contributed by atoms with Crippen LogP contribution < -0.4 is 35.3 Å². The van der Waals surface area contributed by atoms with Gasteiger partial charge in [-0.2, -0.15) is 6.42 Å². The van der Waals surface area contributed by atoms with E-state index in [2.05, 4.69) is 6.58 Å². The second-order valence-corrected chi connectivity index (χ2v) is 4.97. The molecule has 0 aromatic rings. The van der Waals surface area contributed by atoms with Crippen molar-refractivity contribution < 1.29 is 54.2 Å². The molecule has 1 atom stereocenters. The van der Waals surface area contributed by atoms with Crippen LogP contribution in [0.1, 0.15) is 64.2 Å². The van der Waals surface area contributed by atoms with Crippen LogP contribution in [0.2, 0.25) is 0 Å². The fraction of sp³-hybridized carbons (Fsp3) is 0.688. The summed E-state index contributed by atoms with van der Waals surface area (Å²) in [6.45, 7) is 3.68. The molecule has 0 unspecified atom stereocenters. The maximum atomic E-state index is 9.99. The first kappa shape index (κ1) is 27.2. The van der Waals surface area contributed by atoms with Gasteiger partial charge < -0.3 is 20.7 Å². The van der Waals surface area contributed by atoms with Crippen LogP contribution in [0.4, 0.5) is 0 Å². The zero-order valence-electron chi connectivity index (χ0n) is 14.1. The van der Waals surface area contributed by atoms with E-state index in [1.54, 1.807) is 0 Å². The van der Waals surface area contributed by atoms with Crippen molar-refractivity contribution in [2.75, 3.05) is 0 Å². The Balaban J connectivity index is -0.000000338. The van der Waals surface area contributed by atoms with Crippen LogP contribution in [-0.2, 0) is 14.4 Å². The zero-order valence-corrected chi connectivity index (χ0v) is 16.1. The third-order valence-corrected chi connectivity index (χ3v) is 2.92. The van der Waals surface area contributed by atoms with Gasteiger partial charge in [-0.05, 0) is 19.3 Å². The number of hydrogen-bond acceptors (Lipinski definition) is 4. The van der Waals surface area contributed by atoms with Gasteiger partial charge in [-0.25, -0.2) is 0 Å². The van der Waals surface area contributed by atoms with Crippen molar-refractivity contribution in [3.8, 4) is 0 Å². The van der Waals surface area contributed by atoms with Gasteiger partial charge in [0.2, 0.25) is 0 Å². The molecule has 0 saturated heterocycles. The van der Waals surface area contributed by atoms with Gasteiger partial charge in [0.1, 0.15) is 6.04 Å². The molecule has 0 aromatic carbocycles. The summed E-state index contributed by atoms with van der Waals surface area (Å²) in [5.74, 6) is -2.20. The Morgan fingerprint density at radius 3 is 2.04 bits per heavy atom. The molecule has 6 nitrogen and oxygen atoms in total. The van der Waals surface area contributed by atoms with Crippen LogP contribution in [0.5, 0.6) is 0 Å². The number of aliphatic carboxylic acids is 2. The zero-order chi connectivity index (χ0) is 17.2. The minimum Gasteiger partial charge on any atom is -0.542 e. The first-order valence-corrected chi connectivity index (χ1v) is 7.61. The molecular formula is C16H28NNaO5. The summed E-state index contributed by atoms with van der Waals surface area (Å²) in [5, 5.41) is 16.3. The van der Waals surface area contributed by atoms with Gasteiger partial charge in [0.25, 0.3) is 0 Å². The molecule has 0 amide bonds. The van der Waals surface area contributed by atoms with E-state index < -0.39 is 18.0 Å². The Morgan fingerprint density at radius 1 is 1.09 bits per heavy atom. The molecule has 7 heteroatoms.